The zero-order valence-electron chi connectivity index (χ0n) is 8.39. The number of phenolic OH excluding ortho intramolecular Hbond substituents is 1. The summed E-state index contributed by atoms with van der Waals surface area (Å²) in [6.07, 6.45) is 1.94. The van der Waals surface area contributed by atoms with Gasteiger partial charge in [0.1, 0.15) is 5.75 Å². The quantitative estimate of drug-likeness (QED) is 0.811. The van der Waals surface area contributed by atoms with E-state index in [9.17, 15) is 5.11 Å². The van der Waals surface area contributed by atoms with E-state index in [0.717, 1.165) is 34.0 Å². The molecule has 1 aromatic rings. The number of nitrogens with two attached hydrogens (primary N) is 1. The predicted molar refractivity (Wildman–Crippen MR) is 60.4 cm³/mol. The maximum atomic E-state index is 9.98. The Morgan fingerprint density at radius 2 is 2.00 bits per heavy atom. The second kappa shape index (κ2) is 2.97. The number of benzene rings is 1. The number of aryl methyl sites for hydroxylation is 1. The van der Waals surface area contributed by atoms with Crippen LogP contribution in [0.1, 0.15) is 29.5 Å². The van der Waals surface area contributed by atoms with Crippen molar-refractivity contribution in [3.8, 4) is 5.75 Å². The molecule has 0 saturated heterocycles. The van der Waals surface area contributed by atoms with E-state index < -0.39 is 0 Å². The van der Waals surface area contributed by atoms with Crippen LogP contribution in [-0.2, 0) is 5.54 Å². The molecule has 0 unspecified atom stereocenters. The van der Waals surface area contributed by atoms with Crippen molar-refractivity contribution < 1.29 is 5.11 Å². The van der Waals surface area contributed by atoms with Crippen molar-refractivity contribution in [2.45, 2.75) is 32.2 Å². The molecule has 3 N–H and O–H groups in total. The minimum Gasteiger partial charge on any atom is -0.507 e. The van der Waals surface area contributed by atoms with Crippen molar-refractivity contribution in [1.29, 1.82) is 0 Å². The second-order valence-corrected chi connectivity index (χ2v) is 5.03. The monoisotopic (exact) mass is 255 g/mol. The molecule has 1 saturated carbocycles. The third-order valence-corrected chi connectivity index (χ3v) is 3.80. The smallest absolute Gasteiger partial charge is 0.123 e. The average Bonchev–Trinajstić information content (AvgIpc) is 2.81. The van der Waals surface area contributed by atoms with Crippen LogP contribution < -0.4 is 5.73 Å². The van der Waals surface area contributed by atoms with Crippen LogP contribution in [0.4, 0.5) is 0 Å². The summed E-state index contributed by atoms with van der Waals surface area (Å²) in [5, 5.41) is 9.98. The molecule has 0 aromatic heterocycles. The molecule has 14 heavy (non-hydrogen) atoms. The molecule has 1 aromatic carbocycles. The molecule has 2 nitrogen and oxygen atoms in total. The van der Waals surface area contributed by atoms with Crippen molar-refractivity contribution in [3.63, 3.8) is 0 Å². The van der Waals surface area contributed by atoms with Gasteiger partial charge in [0, 0.05) is 15.6 Å². The molecule has 1 aliphatic rings. The Bertz CT molecular complexity index is 371. The maximum absolute atomic E-state index is 9.98. The SMILES string of the molecule is Cc1cc(Br)c(C)c(C2(N)CC2)c1O. The Balaban J connectivity index is 2.68. The van der Waals surface area contributed by atoms with Gasteiger partial charge in [0.2, 0.25) is 0 Å². The van der Waals surface area contributed by atoms with Crippen LogP contribution in [0.3, 0.4) is 0 Å². The largest absolute Gasteiger partial charge is 0.507 e. The highest BCUT2D eigenvalue weighted by atomic mass is 79.9. The number of aromatic hydroxyl groups is 1. The van der Waals surface area contributed by atoms with Crippen LogP contribution in [0.25, 0.3) is 0 Å². The van der Waals surface area contributed by atoms with Crippen LogP contribution in [-0.4, -0.2) is 5.11 Å². The Labute approximate surface area is 92.3 Å². The molecule has 0 radical (unpaired) electrons. The van der Waals surface area contributed by atoms with Crippen molar-refractivity contribution in [1.82, 2.24) is 0 Å². The zero-order valence-corrected chi connectivity index (χ0v) is 9.98. The molecule has 76 valence electrons. The van der Waals surface area contributed by atoms with E-state index in [4.69, 9.17) is 5.73 Å². The lowest BCUT2D eigenvalue weighted by Gasteiger charge is -2.17. The van der Waals surface area contributed by atoms with Gasteiger partial charge in [-0.15, -0.1) is 0 Å². The normalized spacial score (nSPS) is 18.3. The summed E-state index contributed by atoms with van der Waals surface area (Å²) in [7, 11) is 0. The lowest BCUT2D eigenvalue weighted by molar-refractivity contribution is 0.454. The van der Waals surface area contributed by atoms with E-state index in [1.54, 1.807) is 0 Å². The average molecular weight is 256 g/mol. The van der Waals surface area contributed by atoms with Crippen molar-refractivity contribution in [2.75, 3.05) is 0 Å². The van der Waals surface area contributed by atoms with Crippen LogP contribution in [0.2, 0.25) is 0 Å². The van der Waals surface area contributed by atoms with E-state index in [1.807, 2.05) is 19.9 Å². The van der Waals surface area contributed by atoms with Gasteiger partial charge in [-0.05, 0) is 43.9 Å². The summed E-state index contributed by atoms with van der Waals surface area (Å²) >= 11 is 3.48. The fourth-order valence-corrected chi connectivity index (χ4v) is 2.40. The van der Waals surface area contributed by atoms with Gasteiger partial charge in [0.15, 0.2) is 0 Å². The number of phenols is 1. The molecule has 2 rings (SSSR count). The van der Waals surface area contributed by atoms with Crippen molar-refractivity contribution >= 4 is 15.9 Å². The van der Waals surface area contributed by atoms with Gasteiger partial charge in [0.25, 0.3) is 0 Å². The summed E-state index contributed by atoms with van der Waals surface area (Å²) in [6, 6.07) is 1.93. The van der Waals surface area contributed by atoms with Crippen molar-refractivity contribution in [3.05, 3.63) is 27.2 Å². The Hall–Kier alpha value is -0.540. The van der Waals surface area contributed by atoms with Crippen LogP contribution in [0.5, 0.6) is 5.75 Å². The highest BCUT2D eigenvalue weighted by Crippen LogP contribution is 2.49. The van der Waals surface area contributed by atoms with E-state index >= 15 is 0 Å². The molecule has 0 amide bonds. The minimum absolute atomic E-state index is 0.275. The fourth-order valence-electron chi connectivity index (χ4n) is 1.85. The number of rotatable bonds is 1. The number of hydrogen-bond acceptors (Lipinski definition) is 2. The van der Waals surface area contributed by atoms with Crippen LogP contribution in [0, 0.1) is 13.8 Å². The first kappa shape index (κ1) is 9.99. The molecular weight excluding hydrogens is 242 g/mol. The van der Waals surface area contributed by atoms with Crippen molar-refractivity contribution in [2.24, 2.45) is 5.73 Å². The van der Waals surface area contributed by atoms with E-state index in [0.29, 0.717) is 5.75 Å². The van der Waals surface area contributed by atoms with E-state index in [1.165, 1.54) is 0 Å². The Kier molecular flexibility index (Phi) is 2.12. The lowest BCUT2D eigenvalue weighted by Crippen LogP contribution is -2.20. The lowest BCUT2D eigenvalue weighted by atomic mass is 9.96. The summed E-state index contributed by atoms with van der Waals surface area (Å²) < 4.78 is 1.03. The summed E-state index contributed by atoms with van der Waals surface area (Å²) in [6.45, 7) is 3.89. The molecule has 0 bridgehead atoms. The fraction of sp³-hybridized carbons (Fsp3) is 0.455. The third kappa shape index (κ3) is 1.35. The first-order valence-electron chi connectivity index (χ1n) is 4.74. The van der Waals surface area contributed by atoms with Gasteiger partial charge in [-0.3, -0.25) is 0 Å². The van der Waals surface area contributed by atoms with Gasteiger partial charge in [-0.2, -0.15) is 0 Å². The molecule has 1 fully saturated rings. The molecule has 0 spiro atoms. The summed E-state index contributed by atoms with van der Waals surface area (Å²) in [4.78, 5) is 0. The number of halogens is 1. The van der Waals surface area contributed by atoms with E-state index in [-0.39, 0.29) is 5.54 Å². The predicted octanol–water partition coefficient (Wildman–Crippen LogP) is 2.72. The standard InChI is InChI=1S/C11H14BrNO/c1-6-5-8(12)7(2)9(10(6)14)11(13)3-4-11/h5,14H,3-4,13H2,1-2H3. The summed E-state index contributed by atoms with van der Waals surface area (Å²) in [5.74, 6) is 0.366. The highest BCUT2D eigenvalue weighted by molar-refractivity contribution is 9.10. The summed E-state index contributed by atoms with van der Waals surface area (Å²) in [5.41, 5.74) is 8.72. The second-order valence-electron chi connectivity index (χ2n) is 4.18. The van der Waals surface area contributed by atoms with Gasteiger partial charge >= 0.3 is 0 Å². The first-order chi connectivity index (χ1) is 6.46. The minimum atomic E-state index is -0.275. The van der Waals surface area contributed by atoms with Gasteiger partial charge in [-0.1, -0.05) is 15.9 Å². The molecule has 0 aliphatic heterocycles. The Morgan fingerprint density at radius 1 is 1.43 bits per heavy atom. The first-order valence-corrected chi connectivity index (χ1v) is 5.53. The number of hydrogen-bond donors (Lipinski definition) is 2. The molecule has 0 heterocycles. The molecule has 0 atom stereocenters. The molecular formula is C11H14BrNO. The maximum Gasteiger partial charge on any atom is 0.123 e. The van der Waals surface area contributed by atoms with Gasteiger partial charge in [0.05, 0.1) is 0 Å². The molecule has 1 aliphatic carbocycles. The molecule has 3 heteroatoms. The zero-order chi connectivity index (χ0) is 10.5. The van der Waals surface area contributed by atoms with Crippen LogP contribution >= 0.6 is 15.9 Å². The van der Waals surface area contributed by atoms with Gasteiger partial charge < -0.3 is 10.8 Å². The van der Waals surface area contributed by atoms with Crippen LogP contribution in [0.15, 0.2) is 10.5 Å². The van der Waals surface area contributed by atoms with Gasteiger partial charge in [-0.25, -0.2) is 0 Å². The topological polar surface area (TPSA) is 46.2 Å². The third-order valence-electron chi connectivity index (χ3n) is 2.97. The highest BCUT2D eigenvalue weighted by Gasteiger charge is 2.43. The van der Waals surface area contributed by atoms with E-state index in [2.05, 4.69) is 15.9 Å². The Morgan fingerprint density at radius 3 is 2.50 bits per heavy atom.